The van der Waals surface area contributed by atoms with Crippen LogP contribution in [0.25, 0.3) is 0 Å². The van der Waals surface area contributed by atoms with Crippen molar-refractivity contribution in [1.29, 1.82) is 0 Å². The van der Waals surface area contributed by atoms with E-state index in [1.54, 1.807) is 0 Å². The molecule has 0 radical (unpaired) electrons. The molecular formula is C16H23BO3. The minimum absolute atomic E-state index is 0.200. The highest BCUT2D eigenvalue weighted by Gasteiger charge is 2.40. The van der Waals surface area contributed by atoms with Crippen LogP contribution >= 0.6 is 0 Å². The molecule has 1 heterocycles. The Balaban J connectivity index is 2.31. The largest absolute Gasteiger partial charge is 0.491 e. The third-order valence-corrected chi connectivity index (χ3v) is 3.97. The molecule has 0 fully saturated rings. The third-order valence-electron chi connectivity index (χ3n) is 3.97. The second-order valence-electron chi connectivity index (χ2n) is 5.49. The van der Waals surface area contributed by atoms with Crippen molar-refractivity contribution in [1.82, 2.24) is 0 Å². The summed E-state index contributed by atoms with van der Waals surface area (Å²) in [6.45, 7) is 4.16. The monoisotopic (exact) mass is 274 g/mol. The molecule has 2 atom stereocenters. The normalized spacial score (nSPS) is 21.6. The number of carbonyl (C=O) groups excluding carboxylic acids is 1. The lowest BCUT2D eigenvalue weighted by Crippen LogP contribution is -2.49. The number of fused-ring (bicyclic) bond motifs is 1. The highest BCUT2D eigenvalue weighted by atomic mass is 16.5. The summed E-state index contributed by atoms with van der Waals surface area (Å²) < 4.78 is 5.70. The molecule has 1 aromatic rings. The van der Waals surface area contributed by atoms with Crippen LogP contribution in [0.3, 0.4) is 0 Å². The van der Waals surface area contributed by atoms with Crippen LogP contribution in [-0.4, -0.2) is 24.0 Å². The zero-order valence-corrected chi connectivity index (χ0v) is 12.3. The molecule has 0 aliphatic carbocycles. The minimum atomic E-state index is -0.905. The number of hydrogen-bond donors (Lipinski definition) is 1. The second-order valence-corrected chi connectivity index (χ2v) is 5.49. The molecule has 20 heavy (non-hydrogen) atoms. The van der Waals surface area contributed by atoms with Crippen molar-refractivity contribution in [3.05, 3.63) is 29.8 Å². The van der Waals surface area contributed by atoms with Crippen molar-refractivity contribution in [2.75, 3.05) is 0 Å². The van der Waals surface area contributed by atoms with Gasteiger partial charge in [0.2, 0.25) is 0 Å². The van der Waals surface area contributed by atoms with Gasteiger partial charge in [-0.05, 0) is 23.9 Å². The van der Waals surface area contributed by atoms with Gasteiger partial charge in [0, 0.05) is 6.42 Å². The molecule has 1 aromatic carbocycles. The molecular weight excluding hydrogens is 251 g/mol. The second kappa shape index (κ2) is 7.05. The highest BCUT2D eigenvalue weighted by Crippen LogP contribution is 2.31. The van der Waals surface area contributed by atoms with Gasteiger partial charge in [-0.1, -0.05) is 51.0 Å². The van der Waals surface area contributed by atoms with Crippen LogP contribution < -0.4 is 5.46 Å². The van der Waals surface area contributed by atoms with Gasteiger partial charge in [-0.3, -0.25) is 4.79 Å². The predicted molar refractivity (Wildman–Crippen MR) is 81.1 cm³/mol. The molecule has 2 rings (SSSR count). The van der Waals surface area contributed by atoms with E-state index in [9.17, 15) is 9.82 Å². The summed E-state index contributed by atoms with van der Waals surface area (Å²) in [5.41, 5.74) is 1.69. The fourth-order valence-electron chi connectivity index (χ4n) is 2.94. The maximum absolute atomic E-state index is 12.5. The highest BCUT2D eigenvalue weighted by molar-refractivity contribution is 6.61. The average molecular weight is 274 g/mol. The fourth-order valence-corrected chi connectivity index (χ4v) is 2.94. The van der Waals surface area contributed by atoms with Gasteiger partial charge in [0.15, 0.2) is 0 Å². The Hall–Kier alpha value is -1.13. The Morgan fingerprint density at radius 1 is 1.30 bits per heavy atom. The Kier molecular flexibility index (Phi) is 5.38. The summed E-state index contributed by atoms with van der Waals surface area (Å²) in [5, 5.41) is 10.1. The molecule has 108 valence electrons. The molecule has 0 amide bonds. The molecule has 0 unspecified atom stereocenters. The van der Waals surface area contributed by atoms with E-state index in [1.165, 1.54) is 0 Å². The summed E-state index contributed by atoms with van der Waals surface area (Å²) in [6.07, 6.45) is 4.07. The molecule has 0 spiro atoms. The van der Waals surface area contributed by atoms with Crippen LogP contribution in [0.5, 0.6) is 0 Å². The lowest BCUT2D eigenvalue weighted by molar-refractivity contribution is -0.123. The number of Topliss-reactive ketones (excluding diaryl/α,β-unsaturated/α-hetero) is 1. The van der Waals surface area contributed by atoms with Crippen LogP contribution in [0.15, 0.2) is 24.3 Å². The first-order valence-electron chi connectivity index (χ1n) is 7.64. The van der Waals surface area contributed by atoms with Crippen LogP contribution in [0.4, 0.5) is 0 Å². The number of hydrogen-bond acceptors (Lipinski definition) is 3. The number of carbonyl (C=O) groups is 1. The summed E-state index contributed by atoms with van der Waals surface area (Å²) in [5.74, 6) is 0.0192. The van der Waals surface area contributed by atoms with Crippen LogP contribution in [-0.2, 0) is 9.45 Å². The Morgan fingerprint density at radius 3 is 2.75 bits per heavy atom. The molecule has 4 heteroatoms. The first-order valence-corrected chi connectivity index (χ1v) is 7.64. The molecule has 0 saturated heterocycles. The first-order chi connectivity index (χ1) is 9.69. The molecule has 1 aliphatic rings. The van der Waals surface area contributed by atoms with Gasteiger partial charge in [-0.15, -0.1) is 0 Å². The van der Waals surface area contributed by atoms with Crippen molar-refractivity contribution in [2.24, 2.45) is 0 Å². The van der Waals surface area contributed by atoms with E-state index >= 15 is 0 Å². The number of unbranched alkanes of at least 4 members (excludes halogenated alkanes) is 1. The standard InChI is InChI=1S/C16H23BO3/c1-3-5-11-14(18)16-12-9-6-7-10-13(12)17(19)20-15(16)8-4-2/h6-7,9-10,15-16,19H,3-5,8,11H2,1-2H3/t15-,16-/m1/s1. The number of ketones is 1. The molecule has 0 aromatic heterocycles. The Morgan fingerprint density at radius 2 is 2.05 bits per heavy atom. The SMILES string of the molecule is CCCCC(=O)[C@H]1c2ccccc2B(O)O[C@@H]1CCC. The maximum atomic E-state index is 12.5. The molecule has 1 N–H and O–H groups in total. The first kappa shape index (κ1) is 15.3. The number of benzene rings is 1. The third kappa shape index (κ3) is 3.13. The molecule has 3 nitrogen and oxygen atoms in total. The molecule has 0 bridgehead atoms. The van der Waals surface area contributed by atoms with Crippen LogP contribution in [0.1, 0.15) is 57.4 Å². The topological polar surface area (TPSA) is 46.5 Å². The van der Waals surface area contributed by atoms with Crippen LogP contribution in [0.2, 0.25) is 0 Å². The quantitative estimate of drug-likeness (QED) is 0.810. The van der Waals surface area contributed by atoms with E-state index in [2.05, 4.69) is 13.8 Å². The van der Waals surface area contributed by atoms with Crippen molar-refractivity contribution < 1.29 is 14.5 Å². The summed E-state index contributed by atoms with van der Waals surface area (Å²) in [7, 11) is -0.905. The lowest BCUT2D eigenvalue weighted by Gasteiger charge is -2.34. The zero-order chi connectivity index (χ0) is 14.5. The zero-order valence-electron chi connectivity index (χ0n) is 12.3. The molecule has 0 saturated carbocycles. The van der Waals surface area contributed by atoms with E-state index in [-0.39, 0.29) is 17.8 Å². The van der Waals surface area contributed by atoms with Gasteiger partial charge in [-0.25, -0.2) is 0 Å². The van der Waals surface area contributed by atoms with E-state index in [4.69, 9.17) is 4.65 Å². The van der Waals surface area contributed by atoms with E-state index < -0.39 is 7.12 Å². The van der Waals surface area contributed by atoms with Gasteiger partial charge in [0.05, 0.1) is 12.0 Å². The smallest absolute Gasteiger partial charge is 0.423 e. The van der Waals surface area contributed by atoms with Crippen molar-refractivity contribution >= 4 is 18.4 Å². The number of rotatable bonds is 6. The van der Waals surface area contributed by atoms with Gasteiger partial charge < -0.3 is 9.68 Å². The Bertz CT molecular complexity index is 461. The average Bonchev–Trinajstić information content (AvgIpc) is 2.45. The van der Waals surface area contributed by atoms with Gasteiger partial charge in [0.1, 0.15) is 5.78 Å². The van der Waals surface area contributed by atoms with E-state index in [0.717, 1.165) is 36.7 Å². The van der Waals surface area contributed by atoms with Crippen molar-refractivity contribution in [2.45, 2.75) is 58.0 Å². The van der Waals surface area contributed by atoms with E-state index in [0.29, 0.717) is 6.42 Å². The summed E-state index contributed by atoms with van der Waals surface area (Å²) in [6, 6.07) is 7.61. The van der Waals surface area contributed by atoms with Gasteiger partial charge in [0.25, 0.3) is 0 Å². The van der Waals surface area contributed by atoms with Crippen LogP contribution in [0, 0.1) is 0 Å². The fraction of sp³-hybridized carbons (Fsp3) is 0.562. The summed E-state index contributed by atoms with van der Waals surface area (Å²) >= 11 is 0. The van der Waals surface area contributed by atoms with E-state index in [1.807, 2.05) is 24.3 Å². The lowest BCUT2D eigenvalue weighted by atomic mass is 9.67. The maximum Gasteiger partial charge on any atom is 0.491 e. The summed E-state index contributed by atoms with van der Waals surface area (Å²) in [4.78, 5) is 12.5. The predicted octanol–water partition coefficient (Wildman–Crippen LogP) is 2.42. The van der Waals surface area contributed by atoms with Crippen molar-refractivity contribution in [3.8, 4) is 0 Å². The van der Waals surface area contributed by atoms with Gasteiger partial charge >= 0.3 is 7.12 Å². The molecule has 1 aliphatic heterocycles. The van der Waals surface area contributed by atoms with Crippen molar-refractivity contribution in [3.63, 3.8) is 0 Å². The van der Waals surface area contributed by atoms with Gasteiger partial charge in [-0.2, -0.15) is 0 Å². The Labute approximate surface area is 121 Å². The minimum Gasteiger partial charge on any atom is -0.423 e.